The Labute approximate surface area is 125 Å². The summed E-state index contributed by atoms with van der Waals surface area (Å²) >= 11 is 6.11. The number of halogens is 1. The van der Waals surface area contributed by atoms with Gasteiger partial charge in [0.2, 0.25) is 0 Å². The van der Waals surface area contributed by atoms with Crippen molar-refractivity contribution < 1.29 is 9.90 Å². The minimum absolute atomic E-state index is 0.226. The minimum atomic E-state index is -0.948. The Morgan fingerprint density at radius 1 is 1.30 bits per heavy atom. The smallest absolute Gasteiger partial charge is 0.335 e. The largest absolute Gasteiger partial charge is 0.478 e. The number of hydrogen-bond donors (Lipinski definition) is 2. The highest BCUT2D eigenvalue weighted by Gasteiger charge is 2.19. The molecule has 0 bridgehead atoms. The van der Waals surface area contributed by atoms with Crippen LogP contribution in [-0.2, 0) is 0 Å². The highest BCUT2D eigenvalue weighted by atomic mass is 35.5. The Morgan fingerprint density at radius 3 is 2.50 bits per heavy atom. The van der Waals surface area contributed by atoms with E-state index in [9.17, 15) is 4.79 Å². The molecule has 0 aromatic heterocycles. The fourth-order valence-corrected chi connectivity index (χ4v) is 3.14. The second-order valence-corrected chi connectivity index (χ2v) is 6.08. The summed E-state index contributed by atoms with van der Waals surface area (Å²) in [5, 5.41) is 12.7. The van der Waals surface area contributed by atoms with Crippen LogP contribution >= 0.6 is 11.6 Å². The van der Waals surface area contributed by atoms with E-state index in [2.05, 4.69) is 12.2 Å². The first-order valence-electron chi connectivity index (χ1n) is 7.36. The fraction of sp³-hybridized carbons (Fsp3) is 0.562. The molecule has 2 rings (SSSR count). The van der Waals surface area contributed by atoms with Crippen molar-refractivity contribution >= 4 is 23.3 Å². The molecule has 1 aromatic rings. The first-order chi connectivity index (χ1) is 9.60. The molecule has 1 aliphatic carbocycles. The van der Waals surface area contributed by atoms with E-state index >= 15 is 0 Å². The molecule has 1 aliphatic rings. The number of carboxylic acid groups (broad SMARTS) is 1. The summed E-state index contributed by atoms with van der Waals surface area (Å²) in [6.45, 7) is 3.19. The van der Waals surface area contributed by atoms with Gasteiger partial charge >= 0.3 is 5.97 Å². The van der Waals surface area contributed by atoms with Crippen LogP contribution in [0.2, 0.25) is 5.02 Å². The van der Waals surface area contributed by atoms with E-state index in [1.165, 1.54) is 38.2 Å². The number of carboxylic acids is 1. The van der Waals surface area contributed by atoms with E-state index in [4.69, 9.17) is 16.7 Å². The monoisotopic (exact) mass is 295 g/mol. The molecule has 0 spiro atoms. The summed E-state index contributed by atoms with van der Waals surface area (Å²) in [6, 6.07) is 4.84. The summed E-state index contributed by atoms with van der Waals surface area (Å²) < 4.78 is 0. The van der Waals surface area contributed by atoms with Crippen molar-refractivity contribution in [3.8, 4) is 0 Å². The fourth-order valence-electron chi connectivity index (χ4n) is 2.89. The van der Waals surface area contributed by atoms with Crippen molar-refractivity contribution in [2.75, 3.05) is 11.9 Å². The maximum absolute atomic E-state index is 10.8. The van der Waals surface area contributed by atoms with E-state index < -0.39 is 5.97 Å². The highest BCUT2D eigenvalue weighted by molar-refractivity contribution is 6.33. The lowest BCUT2D eigenvalue weighted by Gasteiger charge is -2.28. The topological polar surface area (TPSA) is 49.3 Å². The number of aromatic carboxylic acids is 1. The third kappa shape index (κ3) is 3.89. The predicted octanol–water partition coefficient (Wildman–Crippen LogP) is 4.67. The number of nitrogens with one attached hydrogen (secondary N) is 1. The van der Waals surface area contributed by atoms with Crippen LogP contribution in [0, 0.1) is 11.8 Å². The molecule has 0 atom stereocenters. The molecule has 2 N–H and O–H groups in total. The Hall–Kier alpha value is -1.22. The molecular formula is C16H22ClNO2. The molecule has 0 saturated heterocycles. The normalized spacial score (nSPS) is 22.5. The summed E-state index contributed by atoms with van der Waals surface area (Å²) in [4.78, 5) is 10.8. The van der Waals surface area contributed by atoms with Gasteiger partial charge in [0.05, 0.1) is 16.3 Å². The van der Waals surface area contributed by atoms with Crippen LogP contribution in [0.1, 0.15) is 49.4 Å². The van der Waals surface area contributed by atoms with Gasteiger partial charge in [-0.3, -0.25) is 0 Å². The van der Waals surface area contributed by atoms with Gasteiger partial charge < -0.3 is 10.4 Å². The van der Waals surface area contributed by atoms with E-state index in [0.717, 1.165) is 18.2 Å². The molecular weight excluding hydrogens is 274 g/mol. The van der Waals surface area contributed by atoms with E-state index in [1.54, 1.807) is 12.1 Å². The lowest BCUT2D eigenvalue weighted by Crippen LogP contribution is -2.21. The number of benzene rings is 1. The van der Waals surface area contributed by atoms with Crippen LogP contribution in [0.5, 0.6) is 0 Å². The van der Waals surface area contributed by atoms with Gasteiger partial charge in [0, 0.05) is 6.54 Å². The lowest BCUT2D eigenvalue weighted by atomic mass is 9.81. The number of carbonyl (C=O) groups is 1. The zero-order valence-electron chi connectivity index (χ0n) is 11.9. The number of hydrogen-bond acceptors (Lipinski definition) is 2. The second-order valence-electron chi connectivity index (χ2n) is 5.68. The maximum Gasteiger partial charge on any atom is 0.335 e. The van der Waals surface area contributed by atoms with Crippen LogP contribution in [0.15, 0.2) is 18.2 Å². The number of rotatable bonds is 5. The Bertz CT molecular complexity index is 468. The van der Waals surface area contributed by atoms with Gasteiger partial charge in [0.1, 0.15) is 0 Å². The Kier molecular flexibility index (Phi) is 5.30. The molecule has 110 valence electrons. The molecule has 20 heavy (non-hydrogen) atoms. The van der Waals surface area contributed by atoms with Crippen molar-refractivity contribution in [3.63, 3.8) is 0 Å². The van der Waals surface area contributed by atoms with Gasteiger partial charge in [-0.2, -0.15) is 0 Å². The van der Waals surface area contributed by atoms with Crippen LogP contribution in [0.3, 0.4) is 0 Å². The molecule has 3 nitrogen and oxygen atoms in total. The van der Waals surface area contributed by atoms with Crippen molar-refractivity contribution in [2.24, 2.45) is 11.8 Å². The molecule has 1 aromatic carbocycles. The second kappa shape index (κ2) is 6.98. The zero-order valence-corrected chi connectivity index (χ0v) is 12.6. The highest BCUT2D eigenvalue weighted by Crippen LogP contribution is 2.31. The summed E-state index contributed by atoms with van der Waals surface area (Å²) in [7, 11) is 0. The van der Waals surface area contributed by atoms with Gasteiger partial charge in [-0.05, 0) is 42.9 Å². The third-order valence-corrected chi connectivity index (χ3v) is 4.65. The number of anilines is 1. The Morgan fingerprint density at radius 2 is 1.95 bits per heavy atom. The average molecular weight is 296 g/mol. The van der Waals surface area contributed by atoms with Gasteiger partial charge in [0.15, 0.2) is 0 Å². The van der Waals surface area contributed by atoms with Gasteiger partial charge in [-0.1, -0.05) is 37.8 Å². The molecule has 0 aliphatic heterocycles. The van der Waals surface area contributed by atoms with Gasteiger partial charge in [0.25, 0.3) is 0 Å². The van der Waals surface area contributed by atoms with Crippen molar-refractivity contribution in [2.45, 2.75) is 39.0 Å². The van der Waals surface area contributed by atoms with Crippen LogP contribution in [0.4, 0.5) is 5.69 Å². The van der Waals surface area contributed by atoms with E-state index in [1.807, 2.05) is 0 Å². The van der Waals surface area contributed by atoms with E-state index in [0.29, 0.717) is 10.9 Å². The third-order valence-electron chi connectivity index (χ3n) is 4.34. The SMILES string of the molecule is CCC1CCC(CNc2ccc(C(=O)O)cc2Cl)CC1. The van der Waals surface area contributed by atoms with Gasteiger partial charge in [-0.25, -0.2) is 4.79 Å². The molecule has 0 amide bonds. The average Bonchev–Trinajstić information content (AvgIpc) is 2.46. The van der Waals surface area contributed by atoms with Gasteiger partial charge in [-0.15, -0.1) is 0 Å². The van der Waals surface area contributed by atoms with Crippen molar-refractivity contribution in [3.05, 3.63) is 28.8 Å². The standard InChI is InChI=1S/C16H22ClNO2/c1-2-11-3-5-12(6-4-11)10-18-15-8-7-13(16(19)20)9-14(15)17/h7-9,11-12,18H,2-6,10H2,1H3,(H,19,20). The first-order valence-corrected chi connectivity index (χ1v) is 7.74. The molecule has 0 unspecified atom stereocenters. The molecule has 1 fully saturated rings. The van der Waals surface area contributed by atoms with Crippen molar-refractivity contribution in [1.82, 2.24) is 0 Å². The van der Waals surface area contributed by atoms with Crippen LogP contribution in [0.25, 0.3) is 0 Å². The summed E-state index contributed by atoms with van der Waals surface area (Å²) in [6.07, 6.45) is 6.50. The van der Waals surface area contributed by atoms with Crippen LogP contribution in [-0.4, -0.2) is 17.6 Å². The molecule has 1 saturated carbocycles. The molecule has 0 heterocycles. The molecule has 4 heteroatoms. The van der Waals surface area contributed by atoms with Crippen LogP contribution < -0.4 is 5.32 Å². The Balaban J connectivity index is 1.87. The summed E-state index contributed by atoms with van der Waals surface area (Å²) in [5.41, 5.74) is 1.05. The summed E-state index contributed by atoms with van der Waals surface area (Å²) in [5.74, 6) is 0.661. The van der Waals surface area contributed by atoms with E-state index in [-0.39, 0.29) is 5.56 Å². The molecule has 0 radical (unpaired) electrons. The quantitative estimate of drug-likeness (QED) is 0.830. The minimum Gasteiger partial charge on any atom is -0.478 e. The first kappa shape index (κ1) is 15.2. The van der Waals surface area contributed by atoms with Crippen molar-refractivity contribution in [1.29, 1.82) is 0 Å². The lowest BCUT2D eigenvalue weighted by molar-refractivity contribution is 0.0697. The predicted molar refractivity (Wildman–Crippen MR) is 82.6 cm³/mol. The maximum atomic E-state index is 10.8. The zero-order chi connectivity index (χ0) is 14.5.